The van der Waals surface area contributed by atoms with Crippen molar-refractivity contribution in [3.8, 4) is 0 Å². The summed E-state index contributed by atoms with van der Waals surface area (Å²) in [6.45, 7) is 5.02. The first kappa shape index (κ1) is 19.0. The molecule has 0 aromatic heterocycles. The van der Waals surface area contributed by atoms with Gasteiger partial charge in [0.1, 0.15) is 11.6 Å². The van der Waals surface area contributed by atoms with Gasteiger partial charge in [0.05, 0.1) is 4.90 Å². The number of carbonyl (C=O) groups excluding carboxylic acids is 1. The summed E-state index contributed by atoms with van der Waals surface area (Å²) < 4.78 is 27.8. The molecule has 0 fully saturated rings. The van der Waals surface area contributed by atoms with E-state index >= 15 is 0 Å². The van der Waals surface area contributed by atoms with E-state index in [2.05, 4.69) is 5.32 Å². The van der Waals surface area contributed by atoms with Gasteiger partial charge in [-0.1, -0.05) is 12.1 Å². The molecule has 7 nitrogen and oxygen atoms in total. The molecule has 0 aliphatic rings. The van der Waals surface area contributed by atoms with Crippen molar-refractivity contribution in [1.29, 1.82) is 0 Å². The number of ether oxygens (including phenoxy) is 1. The van der Waals surface area contributed by atoms with Crippen molar-refractivity contribution < 1.29 is 27.9 Å². The number of nitrogens with one attached hydrogen (secondary N) is 1. The van der Waals surface area contributed by atoms with Crippen molar-refractivity contribution in [3.63, 3.8) is 0 Å². The van der Waals surface area contributed by atoms with Gasteiger partial charge in [0.15, 0.2) is 9.84 Å². The molecule has 0 heterocycles. The molecule has 0 saturated heterocycles. The lowest BCUT2D eigenvalue weighted by molar-refractivity contribution is -0.139. The van der Waals surface area contributed by atoms with E-state index in [4.69, 9.17) is 4.74 Å². The van der Waals surface area contributed by atoms with Crippen LogP contribution in [-0.4, -0.2) is 43.5 Å². The van der Waals surface area contributed by atoms with Crippen molar-refractivity contribution in [2.75, 3.05) is 6.26 Å². The predicted molar refractivity (Wildman–Crippen MR) is 84.0 cm³/mol. The van der Waals surface area contributed by atoms with E-state index in [9.17, 15) is 23.1 Å². The smallest absolute Gasteiger partial charge is 0.408 e. The molecule has 0 aliphatic heterocycles. The molecule has 0 unspecified atom stereocenters. The van der Waals surface area contributed by atoms with E-state index in [0.717, 1.165) is 6.26 Å². The van der Waals surface area contributed by atoms with Gasteiger partial charge >= 0.3 is 12.1 Å². The molecule has 2 N–H and O–H groups in total. The van der Waals surface area contributed by atoms with Gasteiger partial charge in [-0.25, -0.2) is 18.0 Å². The number of aliphatic carboxylic acids is 1. The Balaban J connectivity index is 2.81. The summed E-state index contributed by atoms with van der Waals surface area (Å²) in [6, 6.07) is 4.66. The second kappa shape index (κ2) is 6.99. The van der Waals surface area contributed by atoms with Gasteiger partial charge in [-0.15, -0.1) is 0 Å². The zero-order valence-electron chi connectivity index (χ0n) is 13.5. The number of rotatable bonds is 5. The molecule has 1 aromatic carbocycles. The lowest BCUT2D eigenvalue weighted by Crippen LogP contribution is -2.44. The first-order valence-corrected chi connectivity index (χ1v) is 8.79. The van der Waals surface area contributed by atoms with Crippen molar-refractivity contribution in [2.45, 2.75) is 43.7 Å². The van der Waals surface area contributed by atoms with E-state index in [1.54, 1.807) is 20.8 Å². The number of carboxylic acids is 1. The Morgan fingerprint density at radius 3 is 2.13 bits per heavy atom. The summed E-state index contributed by atoms with van der Waals surface area (Å²) in [5.41, 5.74) is -0.148. The third-order valence-corrected chi connectivity index (χ3v) is 3.91. The minimum Gasteiger partial charge on any atom is -0.480 e. The van der Waals surface area contributed by atoms with Crippen LogP contribution in [0.3, 0.4) is 0 Å². The highest BCUT2D eigenvalue weighted by molar-refractivity contribution is 7.90. The van der Waals surface area contributed by atoms with E-state index in [1.807, 2.05) is 0 Å². The highest BCUT2D eigenvalue weighted by atomic mass is 32.2. The maximum Gasteiger partial charge on any atom is 0.408 e. The fourth-order valence-corrected chi connectivity index (χ4v) is 2.39. The van der Waals surface area contributed by atoms with Crippen molar-refractivity contribution in [2.24, 2.45) is 0 Å². The van der Waals surface area contributed by atoms with Crippen LogP contribution in [0.25, 0.3) is 0 Å². The Labute approximate surface area is 135 Å². The standard InChI is InChI=1S/C15H21NO6S/c1-15(2,3)22-14(19)16-12(13(17)18)9-10-5-7-11(8-6-10)23(4,20)21/h5-8,12H,9H2,1-4H3,(H,16,19)(H,17,18)/t12-/m1/s1. The van der Waals surface area contributed by atoms with Crippen LogP contribution in [0, 0.1) is 0 Å². The van der Waals surface area contributed by atoms with Gasteiger partial charge in [0.2, 0.25) is 0 Å². The Morgan fingerprint density at radius 1 is 1.22 bits per heavy atom. The summed E-state index contributed by atoms with van der Waals surface area (Å²) in [5.74, 6) is -1.21. The molecule has 8 heteroatoms. The average molecular weight is 343 g/mol. The molecule has 1 atom stereocenters. The van der Waals surface area contributed by atoms with E-state index in [0.29, 0.717) is 5.56 Å². The molecule has 0 aliphatic carbocycles. The highest BCUT2D eigenvalue weighted by Crippen LogP contribution is 2.12. The molecular weight excluding hydrogens is 322 g/mol. The van der Waals surface area contributed by atoms with Crippen LogP contribution in [-0.2, 0) is 25.8 Å². The number of sulfone groups is 1. The maximum atomic E-state index is 11.7. The lowest BCUT2D eigenvalue weighted by atomic mass is 10.1. The van der Waals surface area contributed by atoms with Crippen molar-refractivity contribution in [3.05, 3.63) is 29.8 Å². The molecular formula is C15H21NO6S. The number of carboxylic acid groups (broad SMARTS) is 1. The quantitative estimate of drug-likeness (QED) is 0.840. The number of benzene rings is 1. The summed E-state index contributed by atoms with van der Waals surface area (Å²) in [4.78, 5) is 23.1. The third-order valence-electron chi connectivity index (χ3n) is 2.78. The van der Waals surface area contributed by atoms with E-state index < -0.39 is 33.5 Å². The number of amides is 1. The minimum absolute atomic E-state index is 0.0125. The van der Waals surface area contributed by atoms with Crippen LogP contribution >= 0.6 is 0 Å². The zero-order valence-corrected chi connectivity index (χ0v) is 14.3. The zero-order chi connectivity index (χ0) is 17.8. The van der Waals surface area contributed by atoms with E-state index in [-0.39, 0.29) is 11.3 Å². The minimum atomic E-state index is -3.31. The summed E-state index contributed by atoms with van der Waals surface area (Å²) >= 11 is 0. The Kier molecular flexibility index (Phi) is 5.76. The van der Waals surface area contributed by atoms with E-state index in [1.165, 1.54) is 24.3 Å². The maximum absolute atomic E-state index is 11.7. The number of hydrogen-bond acceptors (Lipinski definition) is 5. The molecule has 0 radical (unpaired) electrons. The average Bonchev–Trinajstić information content (AvgIpc) is 2.35. The lowest BCUT2D eigenvalue weighted by Gasteiger charge is -2.22. The second-order valence-electron chi connectivity index (χ2n) is 6.16. The third kappa shape index (κ3) is 6.68. The van der Waals surface area contributed by atoms with Gasteiger partial charge in [0.25, 0.3) is 0 Å². The van der Waals surface area contributed by atoms with Crippen LogP contribution in [0.2, 0.25) is 0 Å². The molecule has 1 aromatic rings. The fourth-order valence-electron chi connectivity index (χ4n) is 1.76. The largest absolute Gasteiger partial charge is 0.480 e. The van der Waals surface area contributed by atoms with Crippen LogP contribution in [0.4, 0.5) is 4.79 Å². The normalized spacial score (nSPS) is 13.2. The van der Waals surface area contributed by atoms with Crippen LogP contribution in [0.1, 0.15) is 26.3 Å². The topological polar surface area (TPSA) is 110 Å². The number of hydrogen-bond donors (Lipinski definition) is 2. The number of alkyl carbamates (subject to hydrolysis) is 1. The van der Waals surface area contributed by atoms with Gasteiger partial charge < -0.3 is 15.2 Å². The summed E-state index contributed by atoms with van der Waals surface area (Å²) in [7, 11) is -3.31. The fraction of sp³-hybridized carbons (Fsp3) is 0.467. The monoisotopic (exact) mass is 343 g/mol. The Morgan fingerprint density at radius 2 is 1.74 bits per heavy atom. The number of carbonyl (C=O) groups is 2. The van der Waals surface area contributed by atoms with Gasteiger partial charge in [-0.2, -0.15) is 0 Å². The van der Waals surface area contributed by atoms with Crippen molar-refractivity contribution in [1.82, 2.24) is 5.32 Å². The highest BCUT2D eigenvalue weighted by Gasteiger charge is 2.24. The SMILES string of the molecule is CC(C)(C)OC(=O)N[C@H](Cc1ccc(S(C)(=O)=O)cc1)C(=O)O. The molecule has 1 rings (SSSR count). The van der Waals surface area contributed by atoms with Crippen molar-refractivity contribution >= 4 is 21.9 Å². The molecule has 1 amide bonds. The molecule has 0 saturated carbocycles. The second-order valence-corrected chi connectivity index (χ2v) is 8.17. The van der Waals surface area contributed by atoms with Crippen LogP contribution in [0.15, 0.2) is 29.2 Å². The molecule has 0 spiro atoms. The van der Waals surface area contributed by atoms with Gasteiger partial charge in [-0.3, -0.25) is 0 Å². The first-order valence-electron chi connectivity index (χ1n) is 6.90. The Bertz CT molecular complexity index is 673. The van der Waals surface area contributed by atoms with Crippen LogP contribution < -0.4 is 5.32 Å². The Hall–Kier alpha value is -2.09. The summed E-state index contributed by atoms with van der Waals surface area (Å²) in [6.07, 6.45) is 0.280. The molecule has 128 valence electrons. The summed E-state index contributed by atoms with van der Waals surface area (Å²) in [5, 5.41) is 11.5. The molecule has 0 bridgehead atoms. The van der Waals surface area contributed by atoms with Gasteiger partial charge in [-0.05, 0) is 38.5 Å². The van der Waals surface area contributed by atoms with Crippen LogP contribution in [0.5, 0.6) is 0 Å². The predicted octanol–water partition coefficient (Wildman–Crippen LogP) is 1.61. The molecule has 23 heavy (non-hydrogen) atoms. The van der Waals surface area contributed by atoms with Gasteiger partial charge in [0, 0.05) is 12.7 Å². The first-order chi connectivity index (χ1) is 10.4.